The van der Waals surface area contributed by atoms with Gasteiger partial charge in [0.25, 0.3) is 5.91 Å². The van der Waals surface area contributed by atoms with Crippen LogP contribution in [0, 0.1) is 12.8 Å². The molecule has 0 atom stereocenters. The zero-order chi connectivity index (χ0) is 31.8. The monoisotopic (exact) mass is 623 g/mol. The predicted octanol–water partition coefficient (Wildman–Crippen LogP) is 5.66. The van der Waals surface area contributed by atoms with Crippen LogP contribution in [-0.2, 0) is 16.0 Å². The van der Waals surface area contributed by atoms with Gasteiger partial charge in [0.2, 0.25) is 11.8 Å². The number of hydrogen-bond donors (Lipinski definition) is 1. The largest absolute Gasteiger partial charge is 0.340 e. The van der Waals surface area contributed by atoms with E-state index in [2.05, 4.69) is 63.7 Å². The molecule has 2 heterocycles. The van der Waals surface area contributed by atoms with Gasteiger partial charge in [-0.25, -0.2) is 4.98 Å². The van der Waals surface area contributed by atoms with Crippen molar-refractivity contribution in [3.8, 4) is 0 Å². The van der Waals surface area contributed by atoms with Gasteiger partial charge in [0.05, 0.1) is 18.2 Å². The van der Waals surface area contributed by atoms with Crippen LogP contribution in [0.25, 0.3) is 0 Å². The fraction of sp³-hybridized carbons (Fsp3) is 0.333. The lowest BCUT2D eigenvalue weighted by Crippen LogP contribution is -2.50. The summed E-state index contributed by atoms with van der Waals surface area (Å²) in [6.07, 6.45) is 0.179. The second kappa shape index (κ2) is 15.1. The van der Waals surface area contributed by atoms with Gasteiger partial charge in [-0.05, 0) is 35.6 Å². The first-order valence-electron chi connectivity index (χ1n) is 15.5. The van der Waals surface area contributed by atoms with Crippen LogP contribution in [0.2, 0.25) is 0 Å². The SMILES string of the molecule is Cc1ccccc1C(=O)N(CC(=O)Nc1nc(CC(=O)N2CCN(C(c3ccccc3)c3ccccc3)CC2)cs1)CC(C)C. The molecule has 0 spiro atoms. The zero-order valence-electron chi connectivity index (χ0n) is 26.2. The summed E-state index contributed by atoms with van der Waals surface area (Å²) in [4.78, 5) is 49.9. The van der Waals surface area contributed by atoms with Crippen molar-refractivity contribution in [1.82, 2.24) is 19.7 Å². The fourth-order valence-corrected chi connectivity index (χ4v) is 6.53. The number of anilines is 1. The Morgan fingerprint density at radius 1 is 0.867 bits per heavy atom. The molecular formula is C36H41N5O3S. The molecule has 1 N–H and O–H groups in total. The quantitative estimate of drug-likeness (QED) is 0.233. The molecule has 1 aromatic heterocycles. The summed E-state index contributed by atoms with van der Waals surface area (Å²) in [6, 6.07) is 28.6. The molecule has 1 fully saturated rings. The standard InChI is InChI=1S/C36H41N5O3S/c1-26(2)23-41(35(44)31-17-11-10-12-27(31)3)24-32(42)38-36-37-30(25-45-36)22-33(43)39-18-20-40(21-19-39)34(28-13-6-4-7-14-28)29-15-8-5-9-16-29/h4-17,25-26,34H,18-24H2,1-3H3,(H,37,38,42). The molecule has 3 amide bonds. The lowest BCUT2D eigenvalue weighted by Gasteiger charge is -2.39. The van der Waals surface area contributed by atoms with E-state index in [0.29, 0.717) is 36.0 Å². The molecule has 1 aliphatic heterocycles. The van der Waals surface area contributed by atoms with Gasteiger partial charge < -0.3 is 15.1 Å². The maximum absolute atomic E-state index is 13.3. The first-order valence-corrected chi connectivity index (χ1v) is 16.4. The Balaban J connectivity index is 1.15. The summed E-state index contributed by atoms with van der Waals surface area (Å²) in [6.45, 7) is 9.15. The predicted molar refractivity (Wildman–Crippen MR) is 179 cm³/mol. The average Bonchev–Trinajstić information content (AvgIpc) is 3.48. The van der Waals surface area contributed by atoms with Gasteiger partial charge in [0.1, 0.15) is 6.54 Å². The van der Waals surface area contributed by atoms with Gasteiger partial charge in [0, 0.05) is 43.7 Å². The van der Waals surface area contributed by atoms with Crippen molar-refractivity contribution < 1.29 is 14.4 Å². The van der Waals surface area contributed by atoms with Crippen molar-refractivity contribution in [2.24, 2.45) is 5.92 Å². The number of rotatable bonds is 11. The van der Waals surface area contributed by atoms with E-state index in [1.54, 1.807) is 11.0 Å². The number of piperazine rings is 1. The normalized spacial score (nSPS) is 13.7. The molecule has 234 valence electrons. The molecule has 1 aliphatic rings. The van der Waals surface area contributed by atoms with Crippen molar-refractivity contribution in [3.05, 3.63) is 118 Å². The van der Waals surface area contributed by atoms with Gasteiger partial charge in [-0.2, -0.15) is 0 Å². The van der Waals surface area contributed by atoms with E-state index >= 15 is 0 Å². The number of carbonyl (C=O) groups is 3. The highest BCUT2D eigenvalue weighted by atomic mass is 32.1. The van der Waals surface area contributed by atoms with Gasteiger partial charge in [-0.15, -0.1) is 11.3 Å². The molecule has 0 saturated carbocycles. The second-order valence-electron chi connectivity index (χ2n) is 11.9. The number of benzene rings is 3. The van der Waals surface area contributed by atoms with Crippen LogP contribution >= 0.6 is 11.3 Å². The summed E-state index contributed by atoms with van der Waals surface area (Å²) in [5, 5.41) is 5.07. The molecule has 0 radical (unpaired) electrons. The third-order valence-corrected chi connectivity index (χ3v) is 8.78. The van der Waals surface area contributed by atoms with Gasteiger partial charge in [0.15, 0.2) is 5.13 Å². The third kappa shape index (κ3) is 8.44. The van der Waals surface area contributed by atoms with E-state index in [1.807, 2.05) is 61.4 Å². The van der Waals surface area contributed by atoms with E-state index < -0.39 is 0 Å². The molecule has 3 aromatic carbocycles. The maximum Gasteiger partial charge on any atom is 0.254 e. The molecular weight excluding hydrogens is 582 g/mol. The number of hydrogen-bond acceptors (Lipinski definition) is 6. The Morgan fingerprint density at radius 2 is 1.47 bits per heavy atom. The Hall–Kier alpha value is -4.34. The zero-order valence-corrected chi connectivity index (χ0v) is 27.0. The van der Waals surface area contributed by atoms with Crippen molar-refractivity contribution in [2.45, 2.75) is 33.2 Å². The van der Waals surface area contributed by atoms with Crippen LogP contribution in [0.4, 0.5) is 5.13 Å². The molecule has 0 bridgehead atoms. The van der Waals surface area contributed by atoms with Gasteiger partial charge in [-0.3, -0.25) is 19.3 Å². The number of amides is 3. The summed E-state index contributed by atoms with van der Waals surface area (Å²) in [7, 11) is 0. The van der Waals surface area contributed by atoms with E-state index in [4.69, 9.17) is 0 Å². The number of aryl methyl sites for hydroxylation is 1. The molecule has 9 heteroatoms. The molecule has 4 aromatic rings. The lowest BCUT2D eigenvalue weighted by atomic mass is 9.96. The van der Waals surface area contributed by atoms with Crippen LogP contribution in [0.5, 0.6) is 0 Å². The molecule has 1 saturated heterocycles. The summed E-state index contributed by atoms with van der Waals surface area (Å²) in [5.74, 6) is -0.248. The van der Waals surface area contributed by atoms with E-state index in [-0.39, 0.29) is 42.6 Å². The number of nitrogens with one attached hydrogen (secondary N) is 1. The van der Waals surface area contributed by atoms with Crippen molar-refractivity contribution >= 4 is 34.2 Å². The summed E-state index contributed by atoms with van der Waals surface area (Å²) in [5.41, 5.74) is 4.58. The summed E-state index contributed by atoms with van der Waals surface area (Å²) >= 11 is 1.29. The molecule has 8 nitrogen and oxygen atoms in total. The van der Waals surface area contributed by atoms with Crippen LogP contribution in [0.15, 0.2) is 90.3 Å². The first-order chi connectivity index (χ1) is 21.8. The minimum atomic E-state index is -0.313. The maximum atomic E-state index is 13.3. The Kier molecular flexibility index (Phi) is 10.8. The number of aromatic nitrogens is 1. The minimum absolute atomic E-state index is 0.0285. The van der Waals surface area contributed by atoms with Crippen LogP contribution in [0.3, 0.4) is 0 Å². The molecule has 5 rings (SSSR count). The topological polar surface area (TPSA) is 85.8 Å². The van der Waals surface area contributed by atoms with E-state index in [9.17, 15) is 14.4 Å². The first kappa shape index (κ1) is 32.1. The average molecular weight is 624 g/mol. The summed E-state index contributed by atoms with van der Waals surface area (Å²) < 4.78 is 0. The van der Waals surface area contributed by atoms with Crippen LogP contribution < -0.4 is 5.32 Å². The Morgan fingerprint density at radius 3 is 2.07 bits per heavy atom. The highest BCUT2D eigenvalue weighted by molar-refractivity contribution is 7.13. The number of nitrogens with zero attached hydrogens (tertiary/aromatic N) is 4. The van der Waals surface area contributed by atoms with Crippen molar-refractivity contribution in [1.29, 1.82) is 0 Å². The van der Waals surface area contributed by atoms with Crippen molar-refractivity contribution in [3.63, 3.8) is 0 Å². The number of thiazole rings is 1. The Labute approximate surface area is 269 Å². The molecule has 45 heavy (non-hydrogen) atoms. The van der Waals surface area contributed by atoms with Gasteiger partial charge in [-0.1, -0.05) is 92.7 Å². The minimum Gasteiger partial charge on any atom is -0.340 e. The second-order valence-corrected chi connectivity index (χ2v) is 12.8. The third-order valence-electron chi connectivity index (χ3n) is 7.98. The van der Waals surface area contributed by atoms with Gasteiger partial charge >= 0.3 is 0 Å². The lowest BCUT2D eigenvalue weighted by molar-refractivity contribution is -0.132. The van der Waals surface area contributed by atoms with E-state index in [1.165, 1.54) is 22.5 Å². The highest BCUT2D eigenvalue weighted by Gasteiger charge is 2.28. The fourth-order valence-electron chi connectivity index (χ4n) is 5.80. The van der Waals surface area contributed by atoms with E-state index in [0.717, 1.165) is 18.7 Å². The van der Waals surface area contributed by atoms with Crippen molar-refractivity contribution in [2.75, 3.05) is 44.6 Å². The highest BCUT2D eigenvalue weighted by Crippen LogP contribution is 2.29. The van der Waals surface area contributed by atoms with Crippen LogP contribution in [0.1, 0.15) is 52.6 Å². The smallest absolute Gasteiger partial charge is 0.254 e. The Bertz CT molecular complexity index is 1540. The molecule has 0 aliphatic carbocycles. The molecule has 0 unspecified atom stereocenters. The van der Waals surface area contributed by atoms with Crippen LogP contribution in [-0.4, -0.2) is 76.7 Å². The number of carbonyl (C=O) groups excluding carboxylic acids is 3.